The molecule has 0 bridgehead atoms. The fourth-order valence-electron chi connectivity index (χ4n) is 4.11. The van der Waals surface area contributed by atoms with E-state index in [4.69, 9.17) is 21.1 Å². The van der Waals surface area contributed by atoms with Crippen molar-refractivity contribution in [3.8, 4) is 0 Å². The molecule has 0 unspecified atom stereocenters. The lowest BCUT2D eigenvalue weighted by Crippen LogP contribution is -2.38. The number of fused-ring (bicyclic) bond motifs is 3. The Morgan fingerprint density at radius 1 is 1.39 bits per heavy atom. The van der Waals surface area contributed by atoms with E-state index >= 15 is 0 Å². The minimum atomic E-state index is -0.523. The van der Waals surface area contributed by atoms with Gasteiger partial charge in [0.05, 0.1) is 5.92 Å². The predicted molar refractivity (Wildman–Crippen MR) is 82.7 cm³/mol. The van der Waals surface area contributed by atoms with Crippen LogP contribution in [0.25, 0.3) is 0 Å². The van der Waals surface area contributed by atoms with E-state index in [1.165, 1.54) is 0 Å². The van der Waals surface area contributed by atoms with Gasteiger partial charge in [0.1, 0.15) is 18.1 Å². The van der Waals surface area contributed by atoms with Crippen molar-refractivity contribution < 1.29 is 23.9 Å². The lowest BCUT2D eigenvalue weighted by Gasteiger charge is -2.29. The van der Waals surface area contributed by atoms with Gasteiger partial charge in [0, 0.05) is 23.8 Å². The number of allylic oxidation sites excluding steroid dienone is 1. The molecule has 3 aliphatic rings. The number of ketones is 1. The van der Waals surface area contributed by atoms with Crippen LogP contribution in [0.3, 0.4) is 0 Å². The van der Waals surface area contributed by atoms with Gasteiger partial charge in [-0.25, -0.2) is 0 Å². The maximum absolute atomic E-state index is 12.3. The van der Waals surface area contributed by atoms with Crippen molar-refractivity contribution in [3.05, 3.63) is 22.8 Å². The molecule has 23 heavy (non-hydrogen) atoms. The highest BCUT2D eigenvalue weighted by molar-refractivity contribution is 6.26. The summed E-state index contributed by atoms with van der Waals surface area (Å²) >= 11 is 5.55. The molecule has 1 aliphatic heterocycles. The highest BCUT2D eigenvalue weighted by Crippen LogP contribution is 2.48. The first-order valence-corrected chi connectivity index (χ1v) is 8.26. The molecule has 5 nitrogen and oxygen atoms in total. The summed E-state index contributed by atoms with van der Waals surface area (Å²) in [5.41, 5.74) is 2.47. The van der Waals surface area contributed by atoms with Gasteiger partial charge in [0.15, 0.2) is 5.78 Å². The molecule has 0 saturated carbocycles. The van der Waals surface area contributed by atoms with Gasteiger partial charge in [-0.1, -0.05) is 18.1 Å². The second kappa shape index (κ2) is 5.78. The van der Waals surface area contributed by atoms with E-state index in [0.29, 0.717) is 12.0 Å². The monoisotopic (exact) mass is 338 g/mol. The van der Waals surface area contributed by atoms with Crippen LogP contribution in [0.5, 0.6) is 0 Å². The molecular formula is C17H19ClO5. The molecule has 6 heteroatoms. The Morgan fingerprint density at radius 3 is 2.74 bits per heavy atom. The Balaban J connectivity index is 2.05. The van der Waals surface area contributed by atoms with Crippen LogP contribution >= 0.6 is 11.6 Å². The van der Waals surface area contributed by atoms with Gasteiger partial charge in [0.2, 0.25) is 0 Å². The molecular weight excluding hydrogens is 320 g/mol. The second-order valence-electron chi connectivity index (χ2n) is 6.56. The molecule has 3 rings (SSSR count). The third-order valence-electron chi connectivity index (χ3n) is 5.12. The SMILES string of the molecule is CC1=CC(=O)C2=C(C)C[C@@H](OC(=O)CCl)[C@@H]3[C@@H](OC(=O)[C@@H]3C)[C@H]12. The third kappa shape index (κ3) is 2.51. The zero-order chi connectivity index (χ0) is 16.9. The van der Waals surface area contributed by atoms with Crippen LogP contribution in [0, 0.1) is 17.8 Å². The van der Waals surface area contributed by atoms with E-state index in [0.717, 1.165) is 11.1 Å². The summed E-state index contributed by atoms with van der Waals surface area (Å²) in [6, 6.07) is 0. The topological polar surface area (TPSA) is 69.7 Å². The molecule has 0 radical (unpaired) electrons. The molecule has 0 aromatic heterocycles. The normalized spacial score (nSPS) is 36.2. The van der Waals surface area contributed by atoms with E-state index in [2.05, 4.69) is 0 Å². The van der Waals surface area contributed by atoms with Crippen molar-refractivity contribution >= 4 is 29.3 Å². The van der Waals surface area contributed by atoms with Crippen LogP contribution in [-0.2, 0) is 23.9 Å². The molecule has 1 saturated heterocycles. The highest BCUT2D eigenvalue weighted by Gasteiger charge is 2.55. The van der Waals surface area contributed by atoms with E-state index < -0.39 is 18.2 Å². The summed E-state index contributed by atoms with van der Waals surface area (Å²) in [4.78, 5) is 36.1. The van der Waals surface area contributed by atoms with E-state index in [9.17, 15) is 14.4 Å². The number of ether oxygens (including phenoxy) is 2. The lowest BCUT2D eigenvalue weighted by atomic mass is 9.79. The molecule has 0 N–H and O–H groups in total. The number of esters is 2. The number of alkyl halides is 1. The van der Waals surface area contributed by atoms with Crippen LogP contribution in [0.2, 0.25) is 0 Å². The average Bonchev–Trinajstić information content (AvgIpc) is 2.89. The zero-order valence-electron chi connectivity index (χ0n) is 13.3. The zero-order valence-corrected chi connectivity index (χ0v) is 14.1. The lowest BCUT2D eigenvalue weighted by molar-refractivity contribution is -0.150. The summed E-state index contributed by atoms with van der Waals surface area (Å²) < 4.78 is 11.1. The summed E-state index contributed by atoms with van der Waals surface area (Å²) in [7, 11) is 0. The molecule has 2 aliphatic carbocycles. The Hall–Kier alpha value is -1.62. The minimum Gasteiger partial charge on any atom is -0.461 e. The van der Waals surface area contributed by atoms with Crippen molar-refractivity contribution in [1.29, 1.82) is 0 Å². The Kier molecular flexibility index (Phi) is 4.08. The number of hydrogen-bond acceptors (Lipinski definition) is 5. The van der Waals surface area contributed by atoms with Crippen molar-refractivity contribution in [2.45, 2.75) is 39.4 Å². The first-order valence-electron chi connectivity index (χ1n) is 7.73. The summed E-state index contributed by atoms with van der Waals surface area (Å²) in [6.45, 7) is 5.54. The first-order chi connectivity index (χ1) is 10.8. The van der Waals surface area contributed by atoms with Gasteiger partial charge in [0.25, 0.3) is 0 Å². The summed E-state index contributed by atoms with van der Waals surface area (Å²) in [6.07, 6.45) is 1.05. The number of rotatable bonds is 2. The Bertz CT molecular complexity index is 647. The number of carbonyl (C=O) groups excluding carboxylic acids is 3. The van der Waals surface area contributed by atoms with Gasteiger partial charge in [-0.3, -0.25) is 14.4 Å². The smallest absolute Gasteiger partial charge is 0.321 e. The van der Waals surface area contributed by atoms with Crippen molar-refractivity contribution in [3.63, 3.8) is 0 Å². The minimum absolute atomic E-state index is 0.0383. The Labute approximate surface area is 139 Å². The van der Waals surface area contributed by atoms with E-state index in [-0.39, 0.29) is 35.4 Å². The standard InChI is InChI=1S/C17H19ClO5/c1-7-4-10(19)13-8(2)5-11(22-12(20)6-18)15-9(3)17(21)23-16(15)14(7)13/h4,9,11,14-16H,5-6H2,1-3H3/t9-,11-,14-,15-,16+/m1/s1. The van der Waals surface area contributed by atoms with Crippen LogP contribution in [-0.4, -0.2) is 35.8 Å². The third-order valence-corrected chi connectivity index (χ3v) is 5.34. The quantitative estimate of drug-likeness (QED) is 0.570. The highest BCUT2D eigenvalue weighted by atomic mass is 35.5. The van der Waals surface area contributed by atoms with Gasteiger partial charge < -0.3 is 9.47 Å². The van der Waals surface area contributed by atoms with Gasteiger partial charge >= 0.3 is 11.9 Å². The number of halogens is 1. The van der Waals surface area contributed by atoms with Crippen molar-refractivity contribution in [1.82, 2.24) is 0 Å². The first kappa shape index (κ1) is 16.2. The number of carbonyl (C=O) groups is 3. The van der Waals surface area contributed by atoms with Crippen LogP contribution < -0.4 is 0 Å². The maximum atomic E-state index is 12.3. The van der Waals surface area contributed by atoms with Gasteiger partial charge in [-0.15, -0.1) is 11.6 Å². The molecule has 0 amide bonds. The molecule has 0 spiro atoms. The number of hydrogen-bond donors (Lipinski definition) is 0. The average molecular weight is 339 g/mol. The van der Waals surface area contributed by atoms with E-state index in [1.54, 1.807) is 13.0 Å². The van der Waals surface area contributed by atoms with Gasteiger partial charge in [-0.2, -0.15) is 0 Å². The Morgan fingerprint density at radius 2 is 2.09 bits per heavy atom. The summed E-state index contributed by atoms with van der Waals surface area (Å²) in [5.74, 6) is -2.01. The molecule has 124 valence electrons. The van der Waals surface area contributed by atoms with Crippen molar-refractivity contribution in [2.24, 2.45) is 17.8 Å². The van der Waals surface area contributed by atoms with Gasteiger partial charge in [-0.05, 0) is 19.9 Å². The molecule has 1 heterocycles. The molecule has 1 fully saturated rings. The largest absolute Gasteiger partial charge is 0.461 e. The molecule has 5 atom stereocenters. The fourth-order valence-corrected chi connectivity index (χ4v) is 4.17. The summed E-state index contributed by atoms with van der Waals surface area (Å²) in [5, 5.41) is 0. The second-order valence-corrected chi connectivity index (χ2v) is 6.83. The van der Waals surface area contributed by atoms with Crippen molar-refractivity contribution in [2.75, 3.05) is 5.88 Å². The van der Waals surface area contributed by atoms with E-state index in [1.807, 2.05) is 13.8 Å². The fraction of sp³-hybridized carbons (Fsp3) is 0.588. The van der Waals surface area contributed by atoms with Crippen LogP contribution in [0.1, 0.15) is 27.2 Å². The van der Waals surface area contributed by atoms with Crippen LogP contribution in [0.4, 0.5) is 0 Å². The predicted octanol–water partition coefficient (Wildman–Crippen LogP) is 2.18. The molecule has 0 aromatic carbocycles. The maximum Gasteiger partial charge on any atom is 0.321 e. The molecule has 0 aromatic rings. The van der Waals surface area contributed by atoms with Crippen LogP contribution in [0.15, 0.2) is 22.8 Å².